The molecule has 0 aliphatic carbocycles. The van der Waals surface area contributed by atoms with E-state index in [1.165, 1.54) is 4.90 Å². The molecule has 0 radical (unpaired) electrons. The van der Waals surface area contributed by atoms with Crippen LogP contribution in [0.1, 0.15) is 0 Å². The number of rotatable bonds is 1. The maximum atomic E-state index is 11.6. The molecule has 3 nitrogen and oxygen atoms in total. The lowest BCUT2D eigenvalue weighted by atomic mass is 10.3. The molecular formula is C10H8N2OS. The highest BCUT2D eigenvalue weighted by Crippen LogP contribution is 2.19. The molecule has 1 aliphatic heterocycles. The number of benzene rings is 1. The van der Waals surface area contributed by atoms with Gasteiger partial charge in [0.2, 0.25) is 0 Å². The van der Waals surface area contributed by atoms with Gasteiger partial charge in [0, 0.05) is 0 Å². The molecule has 1 aromatic rings. The van der Waals surface area contributed by atoms with Crippen molar-refractivity contribution in [2.45, 2.75) is 0 Å². The van der Waals surface area contributed by atoms with Crippen LogP contribution in [0.25, 0.3) is 0 Å². The molecule has 1 amide bonds. The number of carbonyl (C=O) groups is 1. The molecule has 4 heteroatoms. The summed E-state index contributed by atoms with van der Waals surface area (Å²) in [5, 5.41) is 3.11. The van der Waals surface area contributed by atoms with E-state index in [4.69, 9.17) is 12.2 Å². The zero-order valence-electron chi connectivity index (χ0n) is 7.36. The van der Waals surface area contributed by atoms with Crippen LogP contribution < -0.4 is 10.2 Å². The smallest absolute Gasteiger partial charge is 0.280 e. The minimum absolute atomic E-state index is 0.193. The molecule has 0 bridgehead atoms. The van der Waals surface area contributed by atoms with Crippen LogP contribution in [0.5, 0.6) is 0 Å². The lowest BCUT2D eigenvalue weighted by molar-refractivity contribution is -0.113. The van der Waals surface area contributed by atoms with Crippen LogP contribution in [0.3, 0.4) is 0 Å². The average Bonchev–Trinajstić information content (AvgIpc) is 2.43. The minimum Gasteiger partial charge on any atom is -0.328 e. The fourth-order valence-electron chi connectivity index (χ4n) is 1.28. The molecule has 14 heavy (non-hydrogen) atoms. The normalized spacial score (nSPS) is 16.0. The van der Waals surface area contributed by atoms with Gasteiger partial charge in [-0.25, -0.2) is 0 Å². The van der Waals surface area contributed by atoms with E-state index in [0.29, 0.717) is 10.8 Å². The van der Waals surface area contributed by atoms with E-state index in [1.807, 2.05) is 30.3 Å². The number of hydrogen-bond acceptors (Lipinski definition) is 2. The highest BCUT2D eigenvalue weighted by atomic mass is 32.1. The Bertz CT molecular complexity index is 413. The molecule has 0 atom stereocenters. The predicted molar refractivity (Wildman–Crippen MR) is 58.8 cm³/mol. The molecule has 1 aromatic carbocycles. The van der Waals surface area contributed by atoms with Crippen molar-refractivity contribution in [1.82, 2.24) is 5.32 Å². The number of thiocarbonyl (C=S) groups is 1. The third-order valence-corrected chi connectivity index (χ3v) is 2.22. The van der Waals surface area contributed by atoms with Crippen molar-refractivity contribution in [2.24, 2.45) is 0 Å². The first-order valence-electron chi connectivity index (χ1n) is 4.09. The third kappa shape index (κ3) is 1.29. The van der Waals surface area contributed by atoms with Gasteiger partial charge in [-0.05, 0) is 24.4 Å². The van der Waals surface area contributed by atoms with Crippen molar-refractivity contribution < 1.29 is 4.79 Å². The lowest BCUT2D eigenvalue weighted by Gasteiger charge is -2.13. The quantitative estimate of drug-likeness (QED) is 0.554. The second-order valence-corrected chi connectivity index (χ2v) is 3.27. The summed E-state index contributed by atoms with van der Waals surface area (Å²) in [6, 6.07) is 9.24. The Morgan fingerprint density at radius 1 is 1.29 bits per heavy atom. The number of nitrogens with one attached hydrogen (secondary N) is 1. The molecule has 0 aromatic heterocycles. The van der Waals surface area contributed by atoms with Gasteiger partial charge < -0.3 is 5.32 Å². The molecule has 70 valence electrons. The van der Waals surface area contributed by atoms with Crippen LogP contribution in [0, 0.1) is 0 Å². The number of carbonyl (C=O) groups excluding carboxylic acids is 1. The van der Waals surface area contributed by atoms with E-state index in [-0.39, 0.29) is 5.91 Å². The maximum Gasteiger partial charge on any atom is 0.280 e. The fourth-order valence-corrected chi connectivity index (χ4v) is 1.59. The Labute approximate surface area is 87.0 Å². The fraction of sp³-hybridized carbons (Fsp3) is 0. The molecular weight excluding hydrogens is 196 g/mol. The molecule has 1 aliphatic rings. The van der Waals surface area contributed by atoms with Crippen LogP contribution >= 0.6 is 12.2 Å². The van der Waals surface area contributed by atoms with Gasteiger partial charge in [0.15, 0.2) is 5.11 Å². The summed E-state index contributed by atoms with van der Waals surface area (Å²) in [7, 11) is 0. The molecule has 1 saturated heterocycles. The lowest BCUT2D eigenvalue weighted by Crippen LogP contribution is -2.30. The van der Waals surface area contributed by atoms with Crippen LogP contribution in [0.15, 0.2) is 42.6 Å². The summed E-state index contributed by atoms with van der Waals surface area (Å²) in [5.74, 6) is -0.193. The molecule has 1 N–H and O–H groups in total. The number of para-hydroxylation sites is 1. The summed E-state index contributed by atoms with van der Waals surface area (Å²) < 4.78 is 0. The van der Waals surface area contributed by atoms with Gasteiger partial charge in [0.1, 0.15) is 0 Å². The molecule has 1 heterocycles. The van der Waals surface area contributed by atoms with Crippen LogP contribution in [-0.2, 0) is 4.79 Å². The number of amides is 1. The monoisotopic (exact) mass is 204 g/mol. The van der Waals surface area contributed by atoms with Crippen molar-refractivity contribution >= 4 is 28.9 Å². The molecule has 0 saturated carbocycles. The van der Waals surface area contributed by atoms with Crippen molar-refractivity contribution in [2.75, 3.05) is 4.90 Å². The maximum absolute atomic E-state index is 11.6. The molecule has 2 rings (SSSR count). The second-order valence-electron chi connectivity index (χ2n) is 2.88. The van der Waals surface area contributed by atoms with E-state index in [0.717, 1.165) is 5.69 Å². The topological polar surface area (TPSA) is 32.3 Å². The van der Waals surface area contributed by atoms with Gasteiger partial charge in [0.25, 0.3) is 5.91 Å². The van der Waals surface area contributed by atoms with Crippen molar-refractivity contribution in [3.05, 3.63) is 42.6 Å². The van der Waals surface area contributed by atoms with E-state index in [1.54, 1.807) is 0 Å². The van der Waals surface area contributed by atoms with Crippen LogP contribution in [-0.4, -0.2) is 11.0 Å². The van der Waals surface area contributed by atoms with Crippen molar-refractivity contribution in [3.63, 3.8) is 0 Å². The number of hydrogen-bond donors (Lipinski definition) is 1. The largest absolute Gasteiger partial charge is 0.328 e. The zero-order chi connectivity index (χ0) is 10.1. The third-order valence-electron chi connectivity index (χ3n) is 1.94. The van der Waals surface area contributed by atoms with Crippen molar-refractivity contribution in [1.29, 1.82) is 0 Å². The second kappa shape index (κ2) is 3.23. The highest BCUT2D eigenvalue weighted by molar-refractivity contribution is 7.80. The Hall–Kier alpha value is -1.68. The zero-order valence-corrected chi connectivity index (χ0v) is 8.17. The highest BCUT2D eigenvalue weighted by Gasteiger charge is 2.30. The van der Waals surface area contributed by atoms with Gasteiger partial charge in [-0.3, -0.25) is 9.69 Å². The van der Waals surface area contributed by atoms with Gasteiger partial charge in [-0.1, -0.05) is 24.8 Å². The molecule has 0 spiro atoms. The first kappa shape index (κ1) is 8.90. The first-order chi connectivity index (χ1) is 6.70. The van der Waals surface area contributed by atoms with E-state index >= 15 is 0 Å². The Morgan fingerprint density at radius 3 is 2.43 bits per heavy atom. The summed E-state index contributed by atoms with van der Waals surface area (Å²) in [4.78, 5) is 13.0. The Kier molecular flexibility index (Phi) is 2.05. The summed E-state index contributed by atoms with van der Waals surface area (Å²) in [5.41, 5.74) is 1.08. The summed E-state index contributed by atoms with van der Waals surface area (Å²) in [6.07, 6.45) is 0. The summed E-state index contributed by atoms with van der Waals surface area (Å²) >= 11 is 5.01. The summed E-state index contributed by atoms with van der Waals surface area (Å²) in [6.45, 7) is 3.57. The standard InChI is InChI=1S/C10H8N2OS/c1-7-9(13)12(10(14)11-7)8-5-3-2-4-6-8/h2-6H,1H2,(H,11,14). The van der Waals surface area contributed by atoms with Gasteiger partial charge in [-0.15, -0.1) is 0 Å². The van der Waals surface area contributed by atoms with E-state index in [9.17, 15) is 4.79 Å². The van der Waals surface area contributed by atoms with E-state index in [2.05, 4.69) is 11.9 Å². The predicted octanol–water partition coefficient (Wildman–Crippen LogP) is 1.42. The SMILES string of the molecule is C=C1NC(=S)N(c2ccccc2)C1=O. The van der Waals surface area contributed by atoms with Crippen molar-refractivity contribution in [3.8, 4) is 0 Å². The van der Waals surface area contributed by atoms with Crippen LogP contribution in [0.4, 0.5) is 5.69 Å². The van der Waals surface area contributed by atoms with Gasteiger partial charge in [-0.2, -0.15) is 0 Å². The minimum atomic E-state index is -0.193. The van der Waals surface area contributed by atoms with Gasteiger partial charge in [0.05, 0.1) is 11.4 Å². The van der Waals surface area contributed by atoms with Crippen LogP contribution in [0.2, 0.25) is 0 Å². The van der Waals surface area contributed by atoms with Gasteiger partial charge >= 0.3 is 0 Å². The molecule has 0 unspecified atom stereocenters. The first-order valence-corrected chi connectivity index (χ1v) is 4.50. The van der Waals surface area contributed by atoms with E-state index < -0.39 is 0 Å². The number of anilines is 1. The molecule has 1 fully saturated rings. The average molecular weight is 204 g/mol. The number of nitrogens with zero attached hydrogens (tertiary/aromatic N) is 1. The Morgan fingerprint density at radius 2 is 1.93 bits per heavy atom. The Balaban J connectivity index is 2.41.